The van der Waals surface area contributed by atoms with Crippen LogP contribution in [0, 0.1) is 5.82 Å². The average Bonchev–Trinajstić information content (AvgIpc) is 3.24. The molecule has 2 aromatic carbocycles. The number of thioether (sulfide) groups is 1. The molecule has 0 saturated carbocycles. The number of hydrogen-bond donors (Lipinski definition) is 2. The first kappa shape index (κ1) is 23.7. The Morgan fingerprint density at radius 3 is 2.55 bits per heavy atom. The van der Waals surface area contributed by atoms with Gasteiger partial charge in [-0.25, -0.2) is 9.18 Å². The predicted molar refractivity (Wildman–Crippen MR) is 120 cm³/mol. The molecule has 9 nitrogen and oxygen atoms in total. The Labute approximate surface area is 193 Å². The van der Waals surface area contributed by atoms with Crippen molar-refractivity contribution in [3.8, 4) is 17.1 Å². The van der Waals surface area contributed by atoms with Crippen LogP contribution in [0.2, 0.25) is 0 Å². The number of nitrogens with zero attached hydrogens (tertiary/aromatic N) is 3. The number of carbonyl (C=O) groups is 3. The zero-order chi connectivity index (χ0) is 23.6. The van der Waals surface area contributed by atoms with Crippen LogP contribution in [-0.2, 0) is 14.3 Å². The Kier molecular flexibility index (Phi) is 8.30. The van der Waals surface area contributed by atoms with Crippen LogP contribution in [-0.4, -0.2) is 51.6 Å². The number of hydrogen-bond acceptors (Lipinski definition) is 7. The predicted octanol–water partition coefficient (Wildman–Crippen LogP) is 2.72. The first-order chi connectivity index (χ1) is 16.0. The third-order valence-electron chi connectivity index (χ3n) is 4.11. The fourth-order valence-electron chi connectivity index (χ4n) is 2.67. The highest BCUT2D eigenvalue weighted by Gasteiger charge is 2.20. The maximum atomic E-state index is 14.4. The fraction of sp³-hybridized carbons (Fsp3) is 0.136. The molecule has 170 valence electrons. The number of aromatic nitrogens is 3. The largest absolute Gasteiger partial charge is 0.455 e. The van der Waals surface area contributed by atoms with Gasteiger partial charge in [-0.05, 0) is 24.3 Å². The van der Waals surface area contributed by atoms with Gasteiger partial charge in [-0.3, -0.25) is 19.5 Å². The summed E-state index contributed by atoms with van der Waals surface area (Å²) in [7, 11) is 0. The number of imide groups is 1. The van der Waals surface area contributed by atoms with Gasteiger partial charge in [0, 0.05) is 12.2 Å². The minimum Gasteiger partial charge on any atom is -0.455 e. The molecule has 0 aliphatic carbocycles. The maximum absolute atomic E-state index is 14.4. The Balaban J connectivity index is 1.67. The first-order valence-corrected chi connectivity index (χ1v) is 10.7. The Morgan fingerprint density at radius 2 is 1.82 bits per heavy atom. The lowest BCUT2D eigenvalue weighted by molar-refractivity contribution is -0.145. The van der Waals surface area contributed by atoms with Crippen LogP contribution in [0.3, 0.4) is 0 Å². The smallest absolute Gasteiger partial charge is 0.321 e. The summed E-state index contributed by atoms with van der Waals surface area (Å²) >= 11 is 1.02. The molecule has 33 heavy (non-hydrogen) atoms. The molecule has 3 aromatic rings. The van der Waals surface area contributed by atoms with E-state index in [0.29, 0.717) is 10.8 Å². The van der Waals surface area contributed by atoms with E-state index < -0.39 is 30.3 Å². The summed E-state index contributed by atoms with van der Waals surface area (Å²) in [6.07, 6.45) is 1.45. The van der Waals surface area contributed by atoms with Gasteiger partial charge < -0.3 is 10.1 Å². The third-order valence-corrected chi connectivity index (χ3v) is 5.01. The minimum absolute atomic E-state index is 0.182. The fourth-order valence-corrected chi connectivity index (χ4v) is 3.42. The molecule has 3 rings (SSSR count). The first-order valence-electron chi connectivity index (χ1n) is 9.72. The second kappa shape index (κ2) is 11.6. The number of amides is 3. The highest BCUT2D eigenvalue weighted by atomic mass is 32.2. The van der Waals surface area contributed by atoms with Gasteiger partial charge >= 0.3 is 12.0 Å². The second-order valence-corrected chi connectivity index (χ2v) is 7.40. The van der Waals surface area contributed by atoms with Crippen molar-refractivity contribution in [2.45, 2.75) is 5.16 Å². The Bertz CT molecular complexity index is 1150. The van der Waals surface area contributed by atoms with Crippen molar-refractivity contribution in [1.29, 1.82) is 0 Å². The number of para-hydroxylation sites is 1. The maximum Gasteiger partial charge on any atom is 0.321 e. The molecular weight excluding hydrogens is 449 g/mol. The lowest BCUT2D eigenvalue weighted by atomic mass is 10.2. The molecule has 1 aromatic heterocycles. The quantitative estimate of drug-likeness (QED) is 0.281. The Hall–Kier alpha value is -3.99. The number of rotatable bonds is 9. The van der Waals surface area contributed by atoms with E-state index in [2.05, 4.69) is 22.1 Å². The molecule has 0 radical (unpaired) electrons. The lowest BCUT2D eigenvalue weighted by Crippen LogP contribution is -2.41. The zero-order valence-electron chi connectivity index (χ0n) is 17.4. The molecule has 0 fully saturated rings. The summed E-state index contributed by atoms with van der Waals surface area (Å²) in [5, 5.41) is 12.9. The topological polar surface area (TPSA) is 115 Å². The summed E-state index contributed by atoms with van der Waals surface area (Å²) in [6, 6.07) is 14.5. The lowest BCUT2D eigenvalue weighted by Gasteiger charge is -2.10. The van der Waals surface area contributed by atoms with Crippen molar-refractivity contribution in [3.05, 3.63) is 73.1 Å². The number of esters is 1. The SMILES string of the molecule is C=CCNC(=O)NC(=O)COC(=O)CSc1nnc(-c2ccccc2F)n1-c1ccccc1. The van der Waals surface area contributed by atoms with Gasteiger partial charge in [-0.1, -0.05) is 48.2 Å². The van der Waals surface area contributed by atoms with Crippen molar-refractivity contribution < 1.29 is 23.5 Å². The van der Waals surface area contributed by atoms with E-state index >= 15 is 0 Å². The van der Waals surface area contributed by atoms with Crippen LogP contribution >= 0.6 is 11.8 Å². The van der Waals surface area contributed by atoms with E-state index in [1.54, 1.807) is 34.9 Å². The molecule has 0 aliphatic heterocycles. The van der Waals surface area contributed by atoms with Crippen LogP contribution in [0.25, 0.3) is 17.1 Å². The molecule has 0 unspecified atom stereocenters. The average molecular weight is 469 g/mol. The molecule has 0 bridgehead atoms. The molecule has 3 amide bonds. The minimum atomic E-state index is -0.774. The van der Waals surface area contributed by atoms with Gasteiger partial charge in [0.2, 0.25) is 0 Å². The van der Waals surface area contributed by atoms with Gasteiger partial charge in [-0.2, -0.15) is 0 Å². The highest BCUT2D eigenvalue weighted by Crippen LogP contribution is 2.29. The zero-order valence-corrected chi connectivity index (χ0v) is 18.2. The van der Waals surface area contributed by atoms with Crippen molar-refractivity contribution >= 4 is 29.7 Å². The van der Waals surface area contributed by atoms with Crippen LogP contribution < -0.4 is 10.6 Å². The van der Waals surface area contributed by atoms with Gasteiger partial charge in [0.1, 0.15) is 5.82 Å². The third kappa shape index (κ3) is 6.50. The summed E-state index contributed by atoms with van der Waals surface area (Å²) < 4.78 is 20.9. The van der Waals surface area contributed by atoms with E-state index in [1.165, 1.54) is 12.1 Å². The summed E-state index contributed by atoms with van der Waals surface area (Å²) in [5.74, 6) is -1.83. The molecule has 0 saturated heterocycles. The van der Waals surface area contributed by atoms with Crippen molar-refractivity contribution in [3.63, 3.8) is 0 Å². The number of urea groups is 1. The number of carbonyl (C=O) groups excluding carboxylic acids is 3. The molecule has 11 heteroatoms. The van der Waals surface area contributed by atoms with Crippen LogP contribution in [0.5, 0.6) is 0 Å². The normalized spacial score (nSPS) is 10.3. The van der Waals surface area contributed by atoms with Gasteiger partial charge in [0.05, 0.1) is 11.3 Å². The van der Waals surface area contributed by atoms with Crippen LogP contribution in [0.4, 0.5) is 9.18 Å². The van der Waals surface area contributed by atoms with E-state index in [1.807, 2.05) is 23.5 Å². The molecule has 0 atom stereocenters. The number of ether oxygens (including phenoxy) is 1. The Morgan fingerprint density at radius 1 is 1.09 bits per heavy atom. The van der Waals surface area contributed by atoms with E-state index in [0.717, 1.165) is 11.8 Å². The summed E-state index contributed by atoms with van der Waals surface area (Å²) in [4.78, 5) is 35.2. The van der Waals surface area contributed by atoms with Gasteiger partial charge in [0.25, 0.3) is 5.91 Å². The molecule has 2 N–H and O–H groups in total. The van der Waals surface area contributed by atoms with Gasteiger partial charge in [-0.15, -0.1) is 16.8 Å². The standard InChI is InChI=1S/C22H20FN5O4S/c1-2-12-24-21(31)25-18(29)13-32-19(30)14-33-22-27-26-20(16-10-6-7-11-17(16)23)28(22)15-8-4-3-5-9-15/h2-11H,1,12-14H2,(H2,24,25,29,31). The number of halogens is 1. The molecule has 0 aliphatic rings. The van der Waals surface area contributed by atoms with Crippen molar-refractivity contribution in [1.82, 2.24) is 25.4 Å². The van der Waals surface area contributed by atoms with Crippen LogP contribution in [0.15, 0.2) is 72.4 Å². The van der Waals surface area contributed by atoms with E-state index in [-0.39, 0.29) is 23.7 Å². The second-order valence-electron chi connectivity index (χ2n) is 6.45. The molecule has 1 heterocycles. The molecular formula is C22H20FN5O4S. The number of nitrogens with one attached hydrogen (secondary N) is 2. The summed E-state index contributed by atoms with van der Waals surface area (Å²) in [6.45, 7) is 3.00. The van der Waals surface area contributed by atoms with E-state index in [4.69, 9.17) is 4.74 Å². The molecule has 0 spiro atoms. The van der Waals surface area contributed by atoms with Crippen molar-refractivity contribution in [2.75, 3.05) is 18.9 Å². The number of benzene rings is 2. The van der Waals surface area contributed by atoms with Gasteiger partial charge in [0.15, 0.2) is 17.6 Å². The van der Waals surface area contributed by atoms with E-state index in [9.17, 15) is 18.8 Å². The summed E-state index contributed by atoms with van der Waals surface area (Å²) in [5.41, 5.74) is 0.941. The van der Waals surface area contributed by atoms with Crippen LogP contribution in [0.1, 0.15) is 0 Å². The van der Waals surface area contributed by atoms with Crippen molar-refractivity contribution in [2.24, 2.45) is 0 Å². The highest BCUT2D eigenvalue weighted by molar-refractivity contribution is 7.99. The monoisotopic (exact) mass is 469 g/mol.